The maximum Gasteiger partial charge on any atom is 0.260 e. The summed E-state index contributed by atoms with van der Waals surface area (Å²) in [5.74, 6) is -2.59. The van der Waals surface area contributed by atoms with E-state index in [-0.39, 0.29) is 19.0 Å². The van der Waals surface area contributed by atoms with Crippen molar-refractivity contribution in [3.63, 3.8) is 0 Å². The van der Waals surface area contributed by atoms with Gasteiger partial charge in [0, 0.05) is 26.1 Å². The van der Waals surface area contributed by atoms with Gasteiger partial charge in [-0.2, -0.15) is 0 Å². The average Bonchev–Trinajstić information content (AvgIpc) is 2.12. The van der Waals surface area contributed by atoms with Crippen molar-refractivity contribution in [2.24, 2.45) is 0 Å². The van der Waals surface area contributed by atoms with Gasteiger partial charge in [0.05, 0.1) is 13.2 Å². The summed E-state index contributed by atoms with van der Waals surface area (Å²) < 4.78 is 31.1. The molecular formula is C10H21F2NO. The number of hydrogen-bond acceptors (Lipinski definition) is 2. The van der Waals surface area contributed by atoms with Crippen LogP contribution in [-0.2, 0) is 4.74 Å². The van der Waals surface area contributed by atoms with Crippen molar-refractivity contribution in [2.45, 2.75) is 39.2 Å². The molecule has 4 heteroatoms. The Labute approximate surface area is 85.2 Å². The molecule has 2 nitrogen and oxygen atoms in total. The number of ether oxygens (including phenoxy) is 1. The Bertz CT molecular complexity index is 151. The second-order valence-corrected chi connectivity index (χ2v) is 3.77. The van der Waals surface area contributed by atoms with Gasteiger partial charge in [-0.05, 0) is 13.8 Å². The normalized spacial score (nSPS) is 12.9. The van der Waals surface area contributed by atoms with Crippen LogP contribution in [0.15, 0.2) is 0 Å². The third-order valence-corrected chi connectivity index (χ3v) is 2.26. The molecule has 14 heavy (non-hydrogen) atoms. The van der Waals surface area contributed by atoms with Crippen LogP contribution in [0.2, 0.25) is 0 Å². The first-order chi connectivity index (χ1) is 6.43. The van der Waals surface area contributed by atoms with Gasteiger partial charge in [-0.25, -0.2) is 8.78 Å². The van der Waals surface area contributed by atoms with Crippen LogP contribution in [0.5, 0.6) is 0 Å². The Hall–Kier alpha value is -0.220. The summed E-state index contributed by atoms with van der Waals surface area (Å²) in [7, 11) is 1.58. The smallest absolute Gasteiger partial charge is 0.260 e. The third kappa shape index (κ3) is 5.50. The first kappa shape index (κ1) is 13.8. The summed E-state index contributed by atoms with van der Waals surface area (Å²) in [5.41, 5.74) is 0. The maximum atomic E-state index is 13.1. The van der Waals surface area contributed by atoms with E-state index in [4.69, 9.17) is 4.74 Å². The predicted octanol–water partition coefficient (Wildman–Crippen LogP) is 2.39. The number of methoxy groups -OCH3 is 1. The van der Waals surface area contributed by atoms with Crippen LogP contribution in [0, 0.1) is 0 Å². The van der Waals surface area contributed by atoms with Crippen LogP contribution in [0.1, 0.15) is 27.2 Å². The molecule has 0 spiro atoms. The molecule has 0 aromatic rings. The van der Waals surface area contributed by atoms with E-state index in [1.165, 1.54) is 6.92 Å². The summed E-state index contributed by atoms with van der Waals surface area (Å²) in [5, 5.41) is 0. The number of hydrogen-bond donors (Lipinski definition) is 0. The average molecular weight is 209 g/mol. The standard InChI is InChI=1S/C10H21F2NO/c1-5-10(11,12)8-13(9(2)3)6-7-14-4/h9H,5-8H2,1-4H3. The van der Waals surface area contributed by atoms with Gasteiger partial charge in [-0.1, -0.05) is 6.92 Å². The van der Waals surface area contributed by atoms with Gasteiger partial charge in [0.2, 0.25) is 0 Å². The minimum Gasteiger partial charge on any atom is -0.383 e. The molecule has 0 aromatic heterocycles. The second kappa shape index (κ2) is 6.30. The highest BCUT2D eigenvalue weighted by Crippen LogP contribution is 2.20. The van der Waals surface area contributed by atoms with E-state index in [2.05, 4.69) is 0 Å². The zero-order chi connectivity index (χ0) is 11.2. The molecular weight excluding hydrogens is 188 g/mol. The quantitative estimate of drug-likeness (QED) is 0.638. The highest BCUT2D eigenvalue weighted by molar-refractivity contribution is 4.73. The Kier molecular flexibility index (Phi) is 6.20. The fourth-order valence-electron chi connectivity index (χ4n) is 1.14. The van der Waals surface area contributed by atoms with Crippen molar-refractivity contribution in [1.29, 1.82) is 0 Å². The Morgan fingerprint density at radius 2 is 1.93 bits per heavy atom. The van der Waals surface area contributed by atoms with Gasteiger partial charge in [0.15, 0.2) is 0 Å². The SMILES string of the molecule is CCC(F)(F)CN(CCOC)C(C)C. The van der Waals surface area contributed by atoms with E-state index in [0.717, 1.165) is 0 Å². The summed E-state index contributed by atoms with van der Waals surface area (Å²) in [6.45, 7) is 6.23. The van der Waals surface area contributed by atoms with Crippen LogP contribution in [0.3, 0.4) is 0 Å². The summed E-state index contributed by atoms with van der Waals surface area (Å²) in [6.07, 6.45) is -0.108. The highest BCUT2D eigenvalue weighted by Gasteiger charge is 2.30. The first-order valence-corrected chi connectivity index (χ1v) is 5.03. The second-order valence-electron chi connectivity index (χ2n) is 3.77. The molecule has 0 aliphatic rings. The molecule has 86 valence electrons. The molecule has 0 aliphatic heterocycles. The van der Waals surface area contributed by atoms with Crippen molar-refractivity contribution in [3.05, 3.63) is 0 Å². The van der Waals surface area contributed by atoms with Crippen LogP contribution < -0.4 is 0 Å². The van der Waals surface area contributed by atoms with Gasteiger partial charge in [-0.15, -0.1) is 0 Å². The fourth-order valence-corrected chi connectivity index (χ4v) is 1.14. The molecule has 0 aromatic carbocycles. The van der Waals surface area contributed by atoms with Crippen LogP contribution in [-0.4, -0.2) is 43.7 Å². The topological polar surface area (TPSA) is 12.5 Å². The minimum absolute atomic E-state index is 0.108. The summed E-state index contributed by atoms with van der Waals surface area (Å²) in [4.78, 5) is 1.74. The van der Waals surface area contributed by atoms with Crippen molar-refractivity contribution in [1.82, 2.24) is 4.90 Å². The van der Waals surface area contributed by atoms with E-state index in [1.807, 2.05) is 13.8 Å². The molecule has 0 heterocycles. The molecule has 0 fully saturated rings. The number of halogens is 2. The molecule has 0 amide bonds. The largest absolute Gasteiger partial charge is 0.383 e. The zero-order valence-corrected chi connectivity index (χ0v) is 9.52. The van der Waals surface area contributed by atoms with E-state index in [9.17, 15) is 8.78 Å². The Morgan fingerprint density at radius 1 is 1.36 bits per heavy atom. The van der Waals surface area contributed by atoms with Crippen LogP contribution in [0.25, 0.3) is 0 Å². The molecule has 0 bridgehead atoms. The predicted molar refractivity (Wildman–Crippen MR) is 53.8 cm³/mol. The van der Waals surface area contributed by atoms with Crippen LogP contribution in [0.4, 0.5) is 8.78 Å². The molecule has 0 rings (SSSR count). The van der Waals surface area contributed by atoms with E-state index in [1.54, 1.807) is 12.0 Å². The zero-order valence-electron chi connectivity index (χ0n) is 9.52. The van der Waals surface area contributed by atoms with E-state index < -0.39 is 5.92 Å². The molecule has 0 saturated heterocycles. The number of nitrogens with zero attached hydrogens (tertiary/aromatic N) is 1. The van der Waals surface area contributed by atoms with Crippen molar-refractivity contribution < 1.29 is 13.5 Å². The van der Waals surface area contributed by atoms with Crippen molar-refractivity contribution >= 4 is 0 Å². The lowest BCUT2D eigenvalue weighted by Crippen LogP contribution is -2.42. The van der Waals surface area contributed by atoms with Crippen LogP contribution >= 0.6 is 0 Å². The fraction of sp³-hybridized carbons (Fsp3) is 1.00. The molecule has 0 aliphatic carbocycles. The molecule has 0 saturated carbocycles. The minimum atomic E-state index is -2.59. The first-order valence-electron chi connectivity index (χ1n) is 5.03. The summed E-state index contributed by atoms with van der Waals surface area (Å²) in [6, 6.07) is 0.127. The maximum absolute atomic E-state index is 13.1. The number of rotatable bonds is 7. The van der Waals surface area contributed by atoms with E-state index >= 15 is 0 Å². The third-order valence-electron chi connectivity index (χ3n) is 2.26. The van der Waals surface area contributed by atoms with Gasteiger partial charge < -0.3 is 4.74 Å². The van der Waals surface area contributed by atoms with Gasteiger partial charge in [0.25, 0.3) is 5.92 Å². The lowest BCUT2D eigenvalue weighted by molar-refractivity contribution is -0.0461. The Balaban J connectivity index is 4.08. The van der Waals surface area contributed by atoms with Crippen molar-refractivity contribution in [3.8, 4) is 0 Å². The van der Waals surface area contributed by atoms with Gasteiger partial charge >= 0.3 is 0 Å². The van der Waals surface area contributed by atoms with Gasteiger partial charge in [-0.3, -0.25) is 4.90 Å². The molecule has 0 atom stereocenters. The molecule has 0 radical (unpaired) electrons. The monoisotopic (exact) mass is 209 g/mol. The highest BCUT2D eigenvalue weighted by atomic mass is 19.3. The van der Waals surface area contributed by atoms with Gasteiger partial charge in [0.1, 0.15) is 0 Å². The van der Waals surface area contributed by atoms with Crippen molar-refractivity contribution in [2.75, 3.05) is 26.8 Å². The van der Waals surface area contributed by atoms with E-state index in [0.29, 0.717) is 13.2 Å². The molecule has 0 N–H and O–H groups in total. The lowest BCUT2D eigenvalue weighted by Gasteiger charge is -2.29. The summed E-state index contributed by atoms with van der Waals surface area (Å²) >= 11 is 0. The lowest BCUT2D eigenvalue weighted by atomic mass is 10.2. The Morgan fingerprint density at radius 3 is 2.29 bits per heavy atom. The molecule has 0 unspecified atom stereocenters. The number of alkyl halides is 2.